The summed E-state index contributed by atoms with van der Waals surface area (Å²) >= 11 is 0. The SMILES string of the molecule is COc1ccc(-n2ccc(C(=O)N3CCCC(N(C)CC(=O)O)CC3)n2)cc1. The van der Waals surface area contributed by atoms with Gasteiger partial charge in [0.05, 0.1) is 19.3 Å². The third kappa shape index (κ3) is 4.69. The van der Waals surface area contributed by atoms with Crippen molar-refractivity contribution < 1.29 is 19.4 Å². The molecule has 1 fully saturated rings. The van der Waals surface area contributed by atoms with Gasteiger partial charge >= 0.3 is 5.97 Å². The number of ether oxygens (including phenoxy) is 1. The Morgan fingerprint density at radius 1 is 1.21 bits per heavy atom. The fraction of sp³-hybridized carbons (Fsp3) is 0.450. The second kappa shape index (κ2) is 8.88. The van der Waals surface area contributed by atoms with Crippen LogP contribution in [0.25, 0.3) is 5.69 Å². The topological polar surface area (TPSA) is 87.9 Å². The number of likely N-dealkylation sites (N-methyl/N-ethyl adjacent to an activating group) is 1. The van der Waals surface area contributed by atoms with Gasteiger partial charge in [0.25, 0.3) is 5.91 Å². The zero-order valence-electron chi connectivity index (χ0n) is 16.2. The van der Waals surface area contributed by atoms with Gasteiger partial charge in [-0.05, 0) is 56.6 Å². The molecule has 0 saturated carbocycles. The Bertz CT molecular complexity index is 818. The second-order valence-corrected chi connectivity index (χ2v) is 7.03. The number of aromatic nitrogens is 2. The van der Waals surface area contributed by atoms with Crippen LogP contribution in [0.4, 0.5) is 0 Å². The number of hydrogen-bond acceptors (Lipinski definition) is 5. The standard InChI is InChI=1S/C20H26N4O4/c1-22(14-19(25)26)15-4-3-11-23(12-9-15)20(27)18-10-13-24(21-18)16-5-7-17(28-2)8-6-16/h5-8,10,13,15H,3-4,9,11-12,14H2,1-2H3,(H,25,26). The minimum absolute atomic E-state index is 0.0187. The van der Waals surface area contributed by atoms with E-state index in [1.807, 2.05) is 41.1 Å². The maximum atomic E-state index is 12.9. The van der Waals surface area contributed by atoms with Crippen LogP contribution >= 0.6 is 0 Å². The van der Waals surface area contributed by atoms with Crippen molar-refractivity contribution in [1.82, 2.24) is 19.6 Å². The monoisotopic (exact) mass is 386 g/mol. The van der Waals surface area contributed by atoms with Crippen molar-refractivity contribution in [2.24, 2.45) is 0 Å². The molecule has 1 N–H and O–H groups in total. The zero-order valence-corrected chi connectivity index (χ0v) is 16.2. The van der Waals surface area contributed by atoms with Crippen LogP contribution < -0.4 is 4.74 Å². The number of carbonyl (C=O) groups is 2. The molecule has 3 rings (SSSR count). The molecule has 8 heteroatoms. The first-order valence-corrected chi connectivity index (χ1v) is 9.39. The number of rotatable bonds is 6. The molecule has 8 nitrogen and oxygen atoms in total. The summed E-state index contributed by atoms with van der Waals surface area (Å²) in [6.07, 6.45) is 4.26. The lowest BCUT2D eigenvalue weighted by atomic mass is 10.1. The Morgan fingerprint density at radius 2 is 1.96 bits per heavy atom. The van der Waals surface area contributed by atoms with Gasteiger partial charge in [0.2, 0.25) is 0 Å². The molecule has 1 aromatic heterocycles. The van der Waals surface area contributed by atoms with Crippen molar-refractivity contribution >= 4 is 11.9 Å². The maximum Gasteiger partial charge on any atom is 0.317 e. The molecule has 28 heavy (non-hydrogen) atoms. The van der Waals surface area contributed by atoms with Crippen LogP contribution in [-0.4, -0.2) is 76.4 Å². The fourth-order valence-electron chi connectivity index (χ4n) is 3.54. The van der Waals surface area contributed by atoms with Gasteiger partial charge in [-0.2, -0.15) is 5.10 Å². The Labute approximate surface area is 164 Å². The average Bonchev–Trinajstić information content (AvgIpc) is 3.04. The van der Waals surface area contributed by atoms with Gasteiger partial charge in [0.15, 0.2) is 5.69 Å². The maximum absolute atomic E-state index is 12.9. The number of nitrogens with zero attached hydrogens (tertiary/aromatic N) is 4. The van der Waals surface area contributed by atoms with E-state index >= 15 is 0 Å². The van der Waals surface area contributed by atoms with Gasteiger partial charge in [-0.1, -0.05) is 0 Å². The first-order valence-electron chi connectivity index (χ1n) is 9.39. The summed E-state index contributed by atoms with van der Waals surface area (Å²) in [5.41, 5.74) is 1.26. The van der Waals surface area contributed by atoms with Gasteiger partial charge in [0.1, 0.15) is 5.75 Å². The Morgan fingerprint density at radius 3 is 2.64 bits per heavy atom. The molecule has 0 aliphatic carbocycles. The largest absolute Gasteiger partial charge is 0.497 e. The van der Waals surface area contributed by atoms with E-state index in [1.165, 1.54) is 0 Å². The molecule has 1 amide bonds. The average molecular weight is 386 g/mol. The number of methoxy groups -OCH3 is 1. The van der Waals surface area contributed by atoms with E-state index in [0.717, 1.165) is 30.7 Å². The number of carboxylic acids is 1. The van der Waals surface area contributed by atoms with Crippen LogP contribution in [0.1, 0.15) is 29.8 Å². The Hall–Kier alpha value is -2.87. The Kier molecular flexibility index (Phi) is 6.30. The number of carbonyl (C=O) groups excluding carboxylic acids is 1. The third-order valence-electron chi connectivity index (χ3n) is 5.14. The van der Waals surface area contributed by atoms with Crippen molar-refractivity contribution in [3.8, 4) is 11.4 Å². The summed E-state index contributed by atoms with van der Waals surface area (Å²) < 4.78 is 6.83. The number of benzene rings is 1. The molecule has 1 atom stereocenters. The highest BCUT2D eigenvalue weighted by Crippen LogP contribution is 2.18. The molecule has 1 aliphatic heterocycles. The molecular weight excluding hydrogens is 360 g/mol. The Balaban J connectivity index is 1.64. The molecule has 150 valence electrons. The van der Waals surface area contributed by atoms with Crippen molar-refractivity contribution in [3.63, 3.8) is 0 Å². The molecule has 0 radical (unpaired) electrons. The van der Waals surface area contributed by atoms with Gasteiger partial charge in [-0.15, -0.1) is 0 Å². The summed E-state index contributed by atoms with van der Waals surface area (Å²) in [5.74, 6) is -0.156. The second-order valence-electron chi connectivity index (χ2n) is 7.03. The lowest BCUT2D eigenvalue weighted by Crippen LogP contribution is -2.37. The number of likely N-dealkylation sites (tertiary alicyclic amines) is 1. The molecule has 2 heterocycles. The summed E-state index contributed by atoms with van der Waals surface area (Å²) in [7, 11) is 3.44. The number of amides is 1. The molecule has 1 aromatic carbocycles. The predicted octanol–water partition coefficient (Wildman–Crippen LogP) is 1.89. The third-order valence-corrected chi connectivity index (χ3v) is 5.14. The van der Waals surface area contributed by atoms with Crippen LogP contribution in [-0.2, 0) is 4.79 Å². The lowest BCUT2D eigenvalue weighted by Gasteiger charge is -2.25. The summed E-state index contributed by atoms with van der Waals surface area (Å²) in [5, 5.41) is 13.4. The highest BCUT2D eigenvalue weighted by Gasteiger charge is 2.25. The molecule has 1 unspecified atom stereocenters. The van der Waals surface area contributed by atoms with E-state index in [9.17, 15) is 9.59 Å². The van der Waals surface area contributed by atoms with Crippen molar-refractivity contribution in [1.29, 1.82) is 0 Å². The van der Waals surface area contributed by atoms with Gasteiger partial charge in [-0.3, -0.25) is 14.5 Å². The first kappa shape index (κ1) is 19.9. The number of aliphatic carboxylic acids is 1. The summed E-state index contributed by atoms with van der Waals surface area (Å²) in [6.45, 7) is 1.28. The normalized spacial score (nSPS) is 17.4. The molecule has 1 aliphatic rings. The van der Waals surface area contributed by atoms with Gasteiger partial charge in [-0.25, -0.2) is 4.68 Å². The fourth-order valence-corrected chi connectivity index (χ4v) is 3.54. The van der Waals surface area contributed by atoms with Crippen LogP contribution in [0.5, 0.6) is 5.75 Å². The van der Waals surface area contributed by atoms with Crippen LogP contribution in [0.3, 0.4) is 0 Å². The van der Waals surface area contributed by atoms with E-state index in [4.69, 9.17) is 9.84 Å². The molecular formula is C20H26N4O4. The van der Waals surface area contributed by atoms with Crippen molar-refractivity contribution in [2.75, 3.05) is 33.8 Å². The van der Waals surface area contributed by atoms with Gasteiger partial charge in [0, 0.05) is 25.3 Å². The smallest absolute Gasteiger partial charge is 0.317 e. The van der Waals surface area contributed by atoms with E-state index in [-0.39, 0.29) is 18.5 Å². The summed E-state index contributed by atoms with van der Waals surface area (Å²) in [6, 6.07) is 9.36. The number of carboxylic acid groups (broad SMARTS) is 1. The first-order chi connectivity index (χ1) is 13.5. The minimum Gasteiger partial charge on any atom is -0.497 e. The van der Waals surface area contributed by atoms with Crippen LogP contribution in [0.15, 0.2) is 36.5 Å². The van der Waals surface area contributed by atoms with Crippen molar-refractivity contribution in [2.45, 2.75) is 25.3 Å². The quantitative estimate of drug-likeness (QED) is 0.816. The molecule has 0 bridgehead atoms. The number of hydrogen-bond donors (Lipinski definition) is 1. The van der Waals surface area contributed by atoms with E-state index in [0.29, 0.717) is 18.8 Å². The molecule has 2 aromatic rings. The van der Waals surface area contributed by atoms with E-state index in [1.54, 1.807) is 24.1 Å². The van der Waals surface area contributed by atoms with Crippen molar-refractivity contribution in [3.05, 3.63) is 42.2 Å². The highest BCUT2D eigenvalue weighted by atomic mass is 16.5. The lowest BCUT2D eigenvalue weighted by molar-refractivity contribution is -0.138. The van der Waals surface area contributed by atoms with E-state index < -0.39 is 5.97 Å². The zero-order chi connectivity index (χ0) is 20.1. The van der Waals surface area contributed by atoms with Gasteiger partial charge < -0.3 is 14.7 Å². The van der Waals surface area contributed by atoms with Crippen LogP contribution in [0.2, 0.25) is 0 Å². The summed E-state index contributed by atoms with van der Waals surface area (Å²) in [4.78, 5) is 27.5. The minimum atomic E-state index is -0.830. The molecule has 1 saturated heterocycles. The highest BCUT2D eigenvalue weighted by molar-refractivity contribution is 5.92. The molecule has 0 spiro atoms. The van der Waals surface area contributed by atoms with E-state index in [2.05, 4.69) is 5.10 Å². The predicted molar refractivity (Wildman–Crippen MR) is 104 cm³/mol. The van der Waals surface area contributed by atoms with Crippen LogP contribution in [0, 0.1) is 0 Å².